The third-order valence-corrected chi connectivity index (χ3v) is 2.70. The van der Waals surface area contributed by atoms with E-state index in [9.17, 15) is 0 Å². The summed E-state index contributed by atoms with van der Waals surface area (Å²) < 4.78 is 0. The van der Waals surface area contributed by atoms with Gasteiger partial charge in [-0.05, 0) is 31.7 Å². The Hall–Kier alpha value is -0.930. The lowest BCUT2D eigenvalue weighted by molar-refractivity contribution is 0.241. The number of rotatable bonds is 1. The van der Waals surface area contributed by atoms with Crippen LogP contribution < -0.4 is 5.32 Å². The molecule has 1 aromatic rings. The molecule has 1 aliphatic heterocycles. The minimum absolute atomic E-state index is 0.468. The Labute approximate surface area is 85.1 Å². The molecular weight excluding hydrogens is 174 g/mol. The van der Waals surface area contributed by atoms with E-state index in [2.05, 4.69) is 34.4 Å². The Morgan fingerprint density at radius 3 is 3.14 bits per heavy atom. The normalized spacial score (nSPS) is 23.7. The van der Waals surface area contributed by atoms with E-state index in [4.69, 9.17) is 0 Å². The number of pyridine rings is 1. The van der Waals surface area contributed by atoms with E-state index in [0.717, 1.165) is 25.3 Å². The van der Waals surface area contributed by atoms with Gasteiger partial charge in [0.2, 0.25) is 0 Å². The SMILES string of the molecule is Cc1cc(C2CN(C)CCN2)ccn1. The molecular formula is C11H17N3. The molecule has 3 nitrogen and oxygen atoms in total. The van der Waals surface area contributed by atoms with E-state index in [1.165, 1.54) is 5.56 Å². The molecule has 0 amide bonds. The molecule has 0 aromatic carbocycles. The molecule has 0 radical (unpaired) electrons. The van der Waals surface area contributed by atoms with Crippen molar-refractivity contribution in [3.8, 4) is 0 Å². The summed E-state index contributed by atoms with van der Waals surface area (Å²) in [5, 5.41) is 3.52. The average molecular weight is 191 g/mol. The predicted molar refractivity (Wildman–Crippen MR) is 57.2 cm³/mol. The van der Waals surface area contributed by atoms with E-state index in [-0.39, 0.29) is 0 Å². The largest absolute Gasteiger partial charge is 0.308 e. The van der Waals surface area contributed by atoms with Crippen LogP contribution in [0.2, 0.25) is 0 Å². The standard InChI is InChI=1S/C11H17N3/c1-9-7-10(3-4-12-9)11-8-14(2)6-5-13-11/h3-4,7,11,13H,5-6,8H2,1-2H3. The Kier molecular flexibility index (Phi) is 2.79. The topological polar surface area (TPSA) is 28.2 Å². The summed E-state index contributed by atoms with van der Waals surface area (Å²) in [5.41, 5.74) is 2.45. The van der Waals surface area contributed by atoms with Gasteiger partial charge in [0, 0.05) is 37.6 Å². The monoisotopic (exact) mass is 191 g/mol. The molecule has 1 fully saturated rings. The molecule has 1 N–H and O–H groups in total. The molecule has 1 unspecified atom stereocenters. The third-order valence-electron chi connectivity index (χ3n) is 2.70. The highest BCUT2D eigenvalue weighted by atomic mass is 15.2. The summed E-state index contributed by atoms with van der Waals surface area (Å²) in [4.78, 5) is 6.57. The molecule has 2 rings (SSSR count). The van der Waals surface area contributed by atoms with Crippen LogP contribution in [0, 0.1) is 6.92 Å². The maximum Gasteiger partial charge on any atom is 0.0450 e. The molecule has 0 saturated carbocycles. The van der Waals surface area contributed by atoms with Gasteiger partial charge in [-0.3, -0.25) is 4.98 Å². The lowest BCUT2D eigenvalue weighted by Gasteiger charge is -2.31. The number of likely N-dealkylation sites (N-methyl/N-ethyl adjacent to an activating group) is 1. The van der Waals surface area contributed by atoms with Gasteiger partial charge in [0.15, 0.2) is 0 Å². The maximum atomic E-state index is 4.21. The number of piperazine rings is 1. The molecule has 2 heterocycles. The Balaban J connectivity index is 2.14. The molecule has 14 heavy (non-hydrogen) atoms. The van der Waals surface area contributed by atoms with E-state index in [1.54, 1.807) is 0 Å². The quantitative estimate of drug-likeness (QED) is 0.717. The van der Waals surface area contributed by atoms with Crippen LogP contribution in [0.5, 0.6) is 0 Å². The van der Waals surface area contributed by atoms with Crippen molar-refractivity contribution in [1.29, 1.82) is 0 Å². The van der Waals surface area contributed by atoms with Crippen molar-refractivity contribution in [2.24, 2.45) is 0 Å². The summed E-state index contributed by atoms with van der Waals surface area (Å²) in [6.45, 7) is 5.34. The number of aromatic nitrogens is 1. The van der Waals surface area contributed by atoms with Gasteiger partial charge in [0.25, 0.3) is 0 Å². The van der Waals surface area contributed by atoms with Crippen LogP contribution in [0.4, 0.5) is 0 Å². The number of hydrogen-bond donors (Lipinski definition) is 1. The van der Waals surface area contributed by atoms with Gasteiger partial charge in [-0.15, -0.1) is 0 Å². The van der Waals surface area contributed by atoms with Crippen molar-refractivity contribution in [2.75, 3.05) is 26.7 Å². The molecule has 76 valence electrons. The van der Waals surface area contributed by atoms with Crippen molar-refractivity contribution in [1.82, 2.24) is 15.2 Å². The van der Waals surface area contributed by atoms with Crippen LogP contribution in [-0.4, -0.2) is 36.6 Å². The lowest BCUT2D eigenvalue weighted by atomic mass is 10.1. The van der Waals surface area contributed by atoms with Crippen LogP contribution in [0.25, 0.3) is 0 Å². The van der Waals surface area contributed by atoms with Crippen LogP contribution >= 0.6 is 0 Å². The van der Waals surface area contributed by atoms with Crippen LogP contribution in [0.15, 0.2) is 18.3 Å². The van der Waals surface area contributed by atoms with Crippen molar-refractivity contribution in [2.45, 2.75) is 13.0 Å². The van der Waals surface area contributed by atoms with Gasteiger partial charge in [0.05, 0.1) is 0 Å². The number of nitrogens with zero attached hydrogens (tertiary/aromatic N) is 2. The molecule has 1 aliphatic rings. The number of aryl methyl sites for hydroxylation is 1. The second-order valence-corrected chi connectivity index (χ2v) is 4.00. The van der Waals surface area contributed by atoms with Crippen molar-refractivity contribution >= 4 is 0 Å². The van der Waals surface area contributed by atoms with Gasteiger partial charge in [-0.1, -0.05) is 0 Å². The number of hydrogen-bond acceptors (Lipinski definition) is 3. The minimum atomic E-state index is 0.468. The van der Waals surface area contributed by atoms with Gasteiger partial charge in [0.1, 0.15) is 0 Å². The summed E-state index contributed by atoms with van der Waals surface area (Å²) >= 11 is 0. The van der Waals surface area contributed by atoms with E-state index in [1.807, 2.05) is 13.1 Å². The van der Waals surface area contributed by atoms with Crippen LogP contribution in [0.3, 0.4) is 0 Å². The second-order valence-electron chi connectivity index (χ2n) is 4.00. The van der Waals surface area contributed by atoms with Gasteiger partial charge in [-0.2, -0.15) is 0 Å². The first kappa shape index (κ1) is 9.62. The zero-order valence-electron chi connectivity index (χ0n) is 8.83. The Morgan fingerprint density at radius 1 is 1.57 bits per heavy atom. The van der Waals surface area contributed by atoms with Crippen molar-refractivity contribution in [3.05, 3.63) is 29.6 Å². The highest BCUT2D eigenvalue weighted by Gasteiger charge is 2.17. The van der Waals surface area contributed by atoms with Gasteiger partial charge in [-0.25, -0.2) is 0 Å². The Bertz CT molecular complexity index is 311. The van der Waals surface area contributed by atoms with Crippen LogP contribution in [0.1, 0.15) is 17.3 Å². The van der Waals surface area contributed by atoms with Crippen molar-refractivity contribution < 1.29 is 0 Å². The zero-order valence-corrected chi connectivity index (χ0v) is 8.83. The summed E-state index contributed by atoms with van der Waals surface area (Å²) in [6.07, 6.45) is 1.89. The summed E-state index contributed by atoms with van der Waals surface area (Å²) in [7, 11) is 2.17. The average Bonchev–Trinajstić information content (AvgIpc) is 2.18. The fraction of sp³-hybridized carbons (Fsp3) is 0.545. The van der Waals surface area contributed by atoms with E-state index < -0.39 is 0 Å². The van der Waals surface area contributed by atoms with E-state index in [0.29, 0.717) is 6.04 Å². The molecule has 3 heteroatoms. The zero-order chi connectivity index (χ0) is 9.97. The molecule has 0 spiro atoms. The number of nitrogens with one attached hydrogen (secondary N) is 1. The molecule has 1 aromatic heterocycles. The molecule has 0 aliphatic carbocycles. The predicted octanol–water partition coefficient (Wildman–Crippen LogP) is 0.966. The first-order chi connectivity index (χ1) is 6.75. The first-order valence-electron chi connectivity index (χ1n) is 5.10. The van der Waals surface area contributed by atoms with Crippen molar-refractivity contribution in [3.63, 3.8) is 0 Å². The lowest BCUT2D eigenvalue weighted by Crippen LogP contribution is -2.43. The van der Waals surface area contributed by atoms with E-state index >= 15 is 0 Å². The fourth-order valence-corrected chi connectivity index (χ4v) is 1.90. The summed E-state index contributed by atoms with van der Waals surface area (Å²) in [5.74, 6) is 0. The van der Waals surface area contributed by atoms with Crippen LogP contribution in [-0.2, 0) is 0 Å². The maximum absolute atomic E-state index is 4.21. The highest BCUT2D eigenvalue weighted by molar-refractivity contribution is 5.20. The molecule has 1 saturated heterocycles. The van der Waals surface area contributed by atoms with Gasteiger partial charge >= 0.3 is 0 Å². The molecule has 0 bridgehead atoms. The van der Waals surface area contributed by atoms with Gasteiger partial charge < -0.3 is 10.2 Å². The Morgan fingerprint density at radius 2 is 2.43 bits per heavy atom. The smallest absolute Gasteiger partial charge is 0.0450 e. The fourth-order valence-electron chi connectivity index (χ4n) is 1.90. The molecule has 1 atom stereocenters. The first-order valence-corrected chi connectivity index (χ1v) is 5.10. The summed E-state index contributed by atoms with van der Waals surface area (Å²) in [6, 6.07) is 4.73. The minimum Gasteiger partial charge on any atom is -0.308 e. The second kappa shape index (κ2) is 4.07. The third kappa shape index (κ3) is 2.11. The highest BCUT2D eigenvalue weighted by Crippen LogP contribution is 2.16.